The third-order valence-corrected chi connectivity index (χ3v) is 5.06. The molecule has 0 bridgehead atoms. The first kappa shape index (κ1) is 20.9. The molecule has 0 fully saturated rings. The zero-order valence-electron chi connectivity index (χ0n) is 17.3. The standard InChI is InChI=1S/C23H19N3O6/c1-31-14-9-7-13(8-10-14)12-26-21(28)17(20(27)25-23(26)30)11-16-15-5-3-4-6-18(15)24-19(16)22(29)32-2/h3-11,28H,12H2,1-2H3,(H,25,27,30). The summed E-state index contributed by atoms with van der Waals surface area (Å²) in [4.78, 5) is 43.7. The molecule has 0 radical (unpaired) electrons. The molecule has 0 atom stereocenters. The molecule has 32 heavy (non-hydrogen) atoms. The summed E-state index contributed by atoms with van der Waals surface area (Å²) < 4.78 is 11.0. The molecular weight excluding hydrogens is 414 g/mol. The average molecular weight is 433 g/mol. The van der Waals surface area contributed by atoms with Crippen LogP contribution in [0.4, 0.5) is 5.69 Å². The molecule has 0 aliphatic carbocycles. The Labute approximate surface area is 181 Å². The predicted molar refractivity (Wildman–Crippen MR) is 119 cm³/mol. The van der Waals surface area contributed by atoms with Gasteiger partial charge in [0.15, 0.2) is 5.71 Å². The Balaban J connectivity index is 1.83. The number of rotatable bonds is 5. The number of hydrogen-bond acceptors (Lipinski definition) is 7. The number of fused-ring (bicyclic) bond motifs is 1. The van der Waals surface area contributed by atoms with Gasteiger partial charge in [-0.25, -0.2) is 14.6 Å². The van der Waals surface area contributed by atoms with Gasteiger partial charge >= 0.3 is 11.7 Å². The van der Waals surface area contributed by atoms with E-state index in [1.54, 1.807) is 55.6 Å². The molecule has 0 unspecified atom stereocenters. The summed E-state index contributed by atoms with van der Waals surface area (Å²) in [5.41, 5.74) is 0.404. The minimum atomic E-state index is -0.792. The number of hydrogen-bond donors (Lipinski definition) is 2. The van der Waals surface area contributed by atoms with E-state index in [0.29, 0.717) is 28.1 Å². The second kappa shape index (κ2) is 8.38. The third kappa shape index (κ3) is 3.71. The number of ether oxygens (including phenoxy) is 2. The number of methoxy groups -OCH3 is 2. The fourth-order valence-electron chi connectivity index (χ4n) is 3.42. The van der Waals surface area contributed by atoms with E-state index in [0.717, 1.165) is 4.57 Å². The highest BCUT2D eigenvalue weighted by Crippen LogP contribution is 2.36. The van der Waals surface area contributed by atoms with E-state index >= 15 is 0 Å². The van der Waals surface area contributed by atoms with Crippen molar-refractivity contribution in [2.24, 2.45) is 4.99 Å². The average Bonchev–Trinajstić information content (AvgIpc) is 3.17. The van der Waals surface area contributed by atoms with Crippen LogP contribution in [0.2, 0.25) is 0 Å². The lowest BCUT2D eigenvalue weighted by Crippen LogP contribution is -2.31. The van der Waals surface area contributed by atoms with Gasteiger partial charge in [0.2, 0.25) is 5.88 Å². The molecule has 4 rings (SSSR count). The molecule has 0 saturated heterocycles. The predicted octanol–water partition coefficient (Wildman–Crippen LogP) is 2.10. The number of nitrogens with one attached hydrogen (secondary N) is 1. The van der Waals surface area contributed by atoms with Crippen molar-refractivity contribution < 1.29 is 19.4 Å². The fraction of sp³-hybridized carbons (Fsp3) is 0.130. The van der Waals surface area contributed by atoms with Gasteiger partial charge in [-0.2, -0.15) is 0 Å². The number of esters is 1. The first-order chi connectivity index (χ1) is 15.4. The maximum absolute atomic E-state index is 12.5. The first-order valence-corrected chi connectivity index (χ1v) is 9.60. The highest BCUT2D eigenvalue weighted by atomic mass is 16.5. The van der Waals surface area contributed by atoms with Gasteiger partial charge in [0.05, 0.1) is 26.5 Å². The number of para-hydroxylation sites is 1. The van der Waals surface area contributed by atoms with Crippen molar-refractivity contribution in [3.63, 3.8) is 0 Å². The van der Waals surface area contributed by atoms with Crippen LogP contribution in [0.3, 0.4) is 0 Å². The van der Waals surface area contributed by atoms with Crippen molar-refractivity contribution in [2.75, 3.05) is 14.2 Å². The molecule has 2 heterocycles. The van der Waals surface area contributed by atoms with Crippen LogP contribution in [0.15, 0.2) is 63.1 Å². The van der Waals surface area contributed by atoms with E-state index in [1.165, 1.54) is 13.2 Å². The van der Waals surface area contributed by atoms with E-state index in [9.17, 15) is 19.5 Å². The van der Waals surface area contributed by atoms with Crippen LogP contribution in [-0.2, 0) is 16.1 Å². The minimum absolute atomic E-state index is 0.000374. The summed E-state index contributed by atoms with van der Waals surface area (Å²) in [6, 6.07) is 13.9. The summed E-state index contributed by atoms with van der Waals surface area (Å²) in [6.45, 7) is 0.0101. The molecular formula is C23H19N3O6. The number of carbonyl (C=O) groups is 1. The molecule has 2 aromatic carbocycles. The van der Waals surface area contributed by atoms with Crippen LogP contribution in [0.1, 0.15) is 16.7 Å². The van der Waals surface area contributed by atoms with Crippen LogP contribution >= 0.6 is 0 Å². The maximum Gasteiger partial charge on any atom is 0.357 e. The van der Waals surface area contributed by atoms with Gasteiger partial charge in [0.25, 0.3) is 5.56 Å². The van der Waals surface area contributed by atoms with Crippen LogP contribution < -0.4 is 16.0 Å². The molecule has 1 aliphatic heterocycles. The molecule has 9 nitrogen and oxygen atoms in total. The van der Waals surface area contributed by atoms with Gasteiger partial charge < -0.3 is 14.6 Å². The zero-order chi connectivity index (χ0) is 22.8. The van der Waals surface area contributed by atoms with Crippen LogP contribution in [0.25, 0.3) is 11.6 Å². The first-order valence-electron chi connectivity index (χ1n) is 9.60. The number of aromatic hydroxyl groups is 1. The lowest BCUT2D eigenvalue weighted by atomic mass is 10.0. The third-order valence-electron chi connectivity index (χ3n) is 5.06. The molecule has 1 aliphatic rings. The highest BCUT2D eigenvalue weighted by Gasteiger charge is 2.28. The van der Waals surface area contributed by atoms with Crippen molar-refractivity contribution in [1.82, 2.24) is 9.55 Å². The number of nitrogens with zero attached hydrogens (tertiary/aromatic N) is 2. The van der Waals surface area contributed by atoms with Gasteiger partial charge in [-0.1, -0.05) is 30.3 Å². The monoisotopic (exact) mass is 433 g/mol. The number of aromatic nitrogens is 2. The second-order valence-corrected chi connectivity index (χ2v) is 6.96. The fourth-order valence-corrected chi connectivity index (χ4v) is 3.42. The Morgan fingerprint density at radius 2 is 1.84 bits per heavy atom. The topological polar surface area (TPSA) is 123 Å². The van der Waals surface area contributed by atoms with Crippen LogP contribution in [0.5, 0.6) is 11.6 Å². The Kier molecular flexibility index (Phi) is 5.46. The van der Waals surface area contributed by atoms with Crippen molar-refractivity contribution in [2.45, 2.75) is 6.54 Å². The molecule has 2 N–H and O–H groups in total. The largest absolute Gasteiger partial charge is 0.497 e. The van der Waals surface area contributed by atoms with Crippen molar-refractivity contribution in [3.8, 4) is 11.6 Å². The zero-order valence-corrected chi connectivity index (χ0v) is 17.3. The summed E-state index contributed by atoms with van der Waals surface area (Å²) in [6.07, 6.45) is 1.33. The molecule has 9 heteroatoms. The Morgan fingerprint density at radius 3 is 2.53 bits per heavy atom. The number of carbonyl (C=O) groups excluding carboxylic acids is 1. The van der Waals surface area contributed by atoms with Gasteiger partial charge in [-0.15, -0.1) is 0 Å². The molecule has 0 saturated carbocycles. The number of benzene rings is 2. The number of H-pyrrole nitrogens is 1. The van der Waals surface area contributed by atoms with Crippen molar-refractivity contribution in [3.05, 3.63) is 86.1 Å². The number of aromatic amines is 1. The maximum atomic E-state index is 12.5. The number of aliphatic imine (C=N–C) groups is 1. The van der Waals surface area contributed by atoms with Gasteiger partial charge in [0, 0.05) is 11.1 Å². The quantitative estimate of drug-likeness (QED) is 0.594. The molecule has 1 aromatic heterocycles. The van der Waals surface area contributed by atoms with Crippen molar-refractivity contribution >= 4 is 29.0 Å². The van der Waals surface area contributed by atoms with E-state index in [2.05, 4.69) is 9.98 Å². The summed E-state index contributed by atoms with van der Waals surface area (Å²) in [5, 5.41) is 10.8. The molecule has 3 aromatic rings. The molecule has 0 amide bonds. The van der Waals surface area contributed by atoms with E-state index in [-0.39, 0.29) is 17.8 Å². The van der Waals surface area contributed by atoms with Gasteiger partial charge in [0.1, 0.15) is 11.3 Å². The van der Waals surface area contributed by atoms with Gasteiger partial charge in [-0.05, 0) is 29.8 Å². The Morgan fingerprint density at radius 1 is 1.12 bits per heavy atom. The van der Waals surface area contributed by atoms with Crippen LogP contribution in [-0.4, -0.2) is 40.6 Å². The smallest absolute Gasteiger partial charge is 0.357 e. The minimum Gasteiger partial charge on any atom is -0.497 e. The van der Waals surface area contributed by atoms with Crippen molar-refractivity contribution in [1.29, 1.82) is 0 Å². The summed E-state index contributed by atoms with van der Waals surface area (Å²) >= 11 is 0. The van der Waals surface area contributed by atoms with E-state index in [4.69, 9.17) is 9.47 Å². The Hall–Kier alpha value is -4.40. The van der Waals surface area contributed by atoms with Crippen LogP contribution in [0, 0.1) is 0 Å². The summed E-state index contributed by atoms with van der Waals surface area (Å²) in [5.74, 6) is -0.572. The normalized spacial score (nSPS) is 13.6. The van der Waals surface area contributed by atoms with E-state index in [1.807, 2.05) is 0 Å². The lowest BCUT2D eigenvalue weighted by molar-refractivity contribution is -0.132. The second-order valence-electron chi connectivity index (χ2n) is 6.96. The summed E-state index contributed by atoms with van der Waals surface area (Å²) in [7, 11) is 2.77. The lowest BCUT2D eigenvalue weighted by Gasteiger charge is -2.11. The Bertz CT molecular complexity index is 1380. The highest BCUT2D eigenvalue weighted by molar-refractivity contribution is 6.58. The molecule has 0 spiro atoms. The van der Waals surface area contributed by atoms with E-state index < -0.39 is 23.1 Å². The molecule has 162 valence electrons. The van der Waals surface area contributed by atoms with Gasteiger partial charge in [-0.3, -0.25) is 14.3 Å². The SMILES string of the molecule is COC(=O)C1=Nc2ccccc2C1=Cc1c(O)n(Cc2ccc(OC)cc2)c(=O)[nH]c1=O.